The van der Waals surface area contributed by atoms with E-state index >= 15 is 0 Å². The molecule has 0 amide bonds. The van der Waals surface area contributed by atoms with Gasteiger partial charge in [-0.1, -0.05) is 31.5 Å². The molecule has 0 aliphatic carbocycles. The summed E-state index contributed by atoms with van der Waals surface area (Å²) in [6.45, 7) is 5.00. The van der Waals surface area contributed by atoms with E-state index in [0.717, 1.165) is 22.5 Å². The first-order valence-electron chi connectivity index (χ1n) is 8.92. The summed E-state index contributed by atoms with van der Waals surface area (Å²) in [5.41, 5.74) is 0.877. The highest BCUT2D eigenvalue weighted by atomic mass is 35.5. The average molecular weight is 418 g/mol. The van der Waals surface area contributed by atoms with Crippen molar-refractivity contribution >= 4 is 38.5 Å². The topological polar surface area (TPSA) is 74.9 Å². The molecule has 1 aliphatic heterocycles. The SMILES string of the molecule is CC(C)Cn1ccc2ccc(S(=O)(=O)c3ccc(Cl)c4c3=NCN(O)C=4)cc21. The van der Waals surface area contributed by atoms with Gasteiger partial charge in [0.25, 0.3) is 0 Å². The smallest absolute Gasteiger partial charge is 0.208 e. The molecule has 2 heterocycles. The maximum atomic E-state index is 13.4. The van der Waals surface area contributed by atoms with Crippen LogP contribution in [-0.4, -0.2) is 29.9 Å². The van der Waals surface area contributed by atoms with Crippen LogP contribution in [0.4, 0.5) is 0 Å². The fourth-order valence-corrected chi connectivity index (χ4v) is 5.06. The molecule has 1 aliphatic rings. The van der Waals surface area contributed by atoms with Crippen LogP contribution in [0.5, 0.6) is 0 Å². The number of rotatable bonds is 4. The Balaban J connectivity index is 1.91. The lowest BCUT2D eigenvalue weighted by Gasteiger charge is -2.15. The molecule has 28 heavy (non-hydrogen) atoms. The summed E-state index contributed by atoms with van der Waals surface area (Å²) in [5, 5.41) is 12.5. The van der Waals surface area contributed by atoms with Crippen LogP contribution in [0.3, 0.4) is 0 Å². The molecule has 0 saturated carbocycles. The van der Waals surface area contributed by atoms with Gasteiger partial charge in [0, 0.05) is 29.7 Å². The monoisotopic (exact) mass is 417 g/mol. The van der Waals surface area contributed by atoms with Crippen molar-refractivity contribution in [3.63, 3.8) is 0 Å². The second-order valence-corrected chi connectivity index (χ2v) is 9.59. The third-order valence-corrected chi connectivity index (χ3v) is 6.80. The number of fused-ring (bicyclic) bond motifs is 2. The normalized spacial score (nSPS) is 14.1. The van der Waals surface area contributed by atoms with Gasteiger partial charge in [0.2, 0.25) is 9.84 Å². The van der Waals surface area contributed by atoms with Crippen molar-refractivity contribution in [3.05, 3.63) is 58.2 Å². The van der Waals surface area contributed by atoms with Crippen LogP contribution in [0.15, 0.2) is 57.4 Å². The molecule has 0 saturated heterocycles. The summed E-state index contributed by atoms with van der Waals surface area (Å²) in [7, 11) is -3.82. The fourth-order valence-electron chi connectivity index (χ4n) is 3.41. The Labute approximate surface area is 167 Å². The second kappa shape index (κ2) is 6.92. The summed E-state index contributed by atoms with van der Waals surface area (Å²) in [6, 6.07) is 10.1. The standard InChI is InChI=1S/C20H20ClN3O3S/c1-13(2)10-23-8-7-14-3-4-15(9-18(14)23)28(26,27)19-6-5-17(21)16-11-24(25)12-22-20(16)19/h3-9,11,13,25H,10,12H2,1-2H3. The molecule has 6 nitrogen and oxygen atoms in total. The molecular weight excluding hydrogens is 398 g/mol. The van der Waals surface area contributed by atoms with Crippen molar-refractivity contribution in [2.45, 2.75) is 30.2 Å². The predicted octanol–water partition coefficient (Wildman–Crippen LogP) is 2.80. The van der Waals surface area contributed by atoms with Gasteiger partial charge in [-0.25, -0.2) is 13.5 Å². The van der Waals surface area contributed by atoms with Gasteiger partial charge in [-0.15, -0.1) is 0 Å². The van der Waals surface area contributed by atoms with Crippen LogP contribution >= 0.6 is 11.6 Å². The highest BCUT2D eigenvalue weighted by molar-refractivity contribution is 7.91. The molecule has 8 heteroatoms. The predicted molar refractivity (Wildman–Crippen MR) is 107 cm³/mol. The molecular formula is C20H20ClN3O3S. The minimum atomic E-state index is -3.82. The summed E-state index contributed by atoms with van der Waals surface area (Å²) in [5.74, 6) is 0.440. The first-order chi connectivity index (χ1) is 13.3. The molecule has 2 aromatic carbocycles. The highest BCUT2D eigenvalue weighted by Gasteiger charge is 2.23. The minimum absolute atomic E-state index is 0.0495. The number of hydroxylamine groups is 2. The first-order valence-corrected chi connectivity index (χ1v) is 10.8. The van der Waals surface area contributed by atoms with Gasteiger partial charge in [-0.05, 0) is 41.6 Å². The van der Waals surface area contributed by atoms with Crippen LogP contribution in [0.25, 0.3) is 17.1 Å². The van der Waals surface area contributed by atoms with Crippen molar-refractivity contribution in [2.24, 2.45) is 10.9 Å². The van der Waals surface area contributed by atoms with Crippen molar-refractivity contribution < 1.29 is 13.6 Å². The Hall–Kier alpha value is -2.35. The minimum Gasteiger partial charge on any atom is -0.347 e. The Bertz CT molecular complexity index is 1300. The summed E-state index contributed by atoms with van der Waals surface area (Å²) < 4.78 is 28.9. The van der Waals surface area contributed by atoms with Crippen LogP contribution in [0.2, 0.25) is 5.02 Å². The number of nitrogens with zero attached hydrogens (tertiary/aromatic N) is 3. The fraction of sp³-hybridized carbons (Fsp3) is 0.250. The Kier molecular flexibility index (Phi) is 4.69. The molecule has 0 atom stereocenters. The molecule has 0 fully saturated rings. The van der Waals surface area contributed by atoms with Gasteiger partial charge in [0.05, 0.1) is 20.2 Å². The van der Waals surface area contributed by atoms with E-state index in [1.165, 1.54) is 18.3 Å². The Morgan fingerprint density at radius 1 is 1.21 bits per heavy atom. The Morgan fingerprint density at radius 2 is 2.00 bits per heavy atom. The molecule has 0 radical (unpaired) electrons. The lowest BCUT2D eigenvalue weighted by Crippen LogP contribution is -2.38. The van der Waals surface area contributed by atoms with Crippen LogP contribution in [0, 0.1) is 5.92 Å². The lowest BCUT2D eigenvalue weighted by atomic mass is 10.2. The molecule has 0 unspecified atom stereocenters. The van der Waals surface area contributed by atoms with E-state index in [1.807, 2.05) is 18.3 Å². The zero-order valence-corrected chi connectivity index (χ0v) is 17.1. The van der Waals surface area contributed by atoms with Gasteiger partial charge < -0.3 is 4.57 Å². The number of hydrogen-bond donors (Lipinski definition) is 1. The maximum absolute atomic E-state index is 13.4. The third kappa shape index (κ3) is 3.19. The van der Waals surface area contributed by atoms with Gasteiger partial charge >= 0.3 is 0 Å². The average Bonchev–Trinajstić information content (AvgIpc) is 3.04. The first kappa shape index (κ1) is 19.0. The van der Waals surface area contributed by atoms with Crippen molar-refractivity contribution in [2.75, 3.05) is 6.67 Å². The van der Waals surface area contributed by atoms with Crippen molar-refractivity contribution in [1.29, 1.82) is 0 Å². The second-order valence-electron chi connectivity index (χ2n) is 7.26. The summed E-state index contributed by atoms with van der Waals surface area (Å²) in [4.78, 5) is 4.50. The molecule has 146 valence electrons. The molecule has 1 N–H and O–H groups in total. The van der Waals surface area contributed by atoms with Gasteiger partial charge in [0.1, 0.15) is 6.67 Å². The zero-order chi connectivity index (χ0) is 20.1. The van der Waals surface area contributed by atoms with E-state index < -0.39 is 9.84 Å². The lowest BCUT2D eigenvalue weighted by molar-refractivity contribution is -0.0200. The molecule has 1 aromatic heterocycles. The summed E-state index contributed by atoms with van der Waals surface area (Å²) >= 11 is 6.18. The number of aromatic nitrogens is 1. The summed E-state index contributed by atoms with van der Waals surface area (Å²) in [6.07, 6.45) is 3.37. The van der Waals surface area contributed by atoms with E-state index in [4.69, 9.17) is 11.6 Å². The van der Waals surface area contributed by atoms with E-state index in [0.29, 0.717) is 16.2 Å². The molecule has 4 rings (SSSR count). The molecule has 0 bridgehead atoms. The molecule has 3 aromatic rings. The number of halogens is 1. The Morgan fingerprint density at radius 3 is 2.75 bits per heavy atom. The quantitative estimate of drug-likeness (QED) is 0.708. The van der Waals surface area contributed by atoms with Gasteiger partial charge in [0.15, 0.2) is 0 Å². The van der Waals surface area contributed by atoms with E-state index in [9.17, 15) is 13.6 Å². The van der Waals surface area contributed by atoms with Gasteiger partial charge in [-0.3, -0.25) is 10.2 Å². The highest BCUT2D eigenvalue weighted by Crippen LogP contribution is 2.25. The number of benzene rings is 2. The van der Waals surface area contributed by atoms with E-state index in [2.05, 4.69) is 23.4 Å². The van der Waals surface area contributed by atoms with Crippen LogP contribution in [0.1, 0.15) is 13.8 Å². The van der Waals surface area contributed by atoms with Crippen LogP contribution in [-0.2, 0) is 16.4 Å². The van der Waals surface area contributed by atoms with Crippen LogP contribution < -0.4 is 10.6 Å². The maximum Gasteiger partial charge on any atom is 0.208 e. The number of sulfone groups is 1. The zero-order valence-electron chi connectivity index (χ0n) is 15.5. The van der Waals surface area contributed by atoms with Gasteiger partial charge in [-0.2, -0.15) is 0 Å². The van der Waals surface area contributed by atoms with Crippen molar-refractivity contribution in [1.82, 2.24) is 9.63 Å². The molecule has 0 spiro atoms. The third-order valence-electron chi connectivity index (χ3n) is 4.69. The van der Waals surface area contributed by atoms with E-state index in [-0.39, 0.29) is 21.8 Å². The van der Waals surface area contributed by atoms with Crippen molar-refractivity contribution in [3.8, 4) is 0 Å². The largest absolute Gasteiger partial charge is 0.347 e. The van der Waals surface area contributed by atoms with E-state index in [1.54, 1.807) is 12.1 Å². The number of hydrogen-bond acceptors (Lipinski definition) is 5.